The molecule has 2 rings (SSSR count). The van der Waals surface area contributed by atoms with E-state index in [-0.39, 0.29) is 16.3 Å². The Labute approximate surface area is 126 Å². The lowest BCUT2D eigenvalue weighted by molar-refractivity contribution is 0.354. The molecule has 8 heteroatoms. The Morgan fingerprint density at radius 3 is 2.05 bits per heavy atom. The molecule has 2 aromatic rings. The van der Waals surface area contributed by atoms with Crippen molar-refractivity contribution in [1.29, 1.82) is 0 Å². The first-order valence-corrected chi connectivity index (χ1v) is 7.55. The van der Waals surface area contributed by atoms with E-state index in [0.29, 0.717) is 11.8 Å². The Kier molecular flexibility index (Phi) is 4.51. The Bertz CT molecular complexity index is 773. The van der Waals surface area contributed by atoms with Crippen molar-refractivity contribution in [1.82, 2.24) is 0 Å². The van der Waals surface area contributed by atoms with E-state index in [0.717, 1.165) is 12.1 Å². The molecule has 0 saturated heterocycles. The number of anilines is 1. The van der Waals surface area contributed by atoms with Crippen LogP contribution in [0.3, 0.4) is 0 Å². The molecular weight excluding hydrogens is 316 g/mol. The lowest BCUT2D eigenvalue weighted by Gasteiger charge is -2.11. The molecule has 2 aromatic carbocycles. The highest BCUT2D eigenvalue weighted by Crippen LogP contribution is 2.30. The average molecular weight is 329 g/mol. The van der Waals surface area contributed by atoms with Crippen LogP contribution in [-0.4, -0.2) is 22.6 Å². The van der Waals surface area contributed by atoms with Crippen molar-refractivity contribution < 1.29 is 26.7 Å². The second-order valence-corrected chi connectivity index (χ2v) is 5.96. The summed E-state index contributed by atoms with van der Waals surface area (Å²) >= 11 is 0. The maximum absolute atomic E-state index is 13.1. The number of hydrogen-bond acceptors (Lipinski definition) is 4. The van der Waals surface area contributed by atoms with Crippen LogP contribution in [0, 0.1) is 11.6 Å². The van der Waals surface area contributed by atoms with E-state index in [4.69, 9.17) is 9.47 Å². The summed E-state index contributed by atoms with van der Waals surface area (Å²) in [5, 5.41) is 0. The molecule has 1 N–H and O–H groups in total. The van der Waals surface area contributed by atoms with E-state index in [1.165, 1.54) is 32.4 Å². The van der Waals surface area contributed by atoms with E-state index < -0.39 is 21.7 Å². The topological polar surface area (TPSA) is 64.6 Å². The smallest absolute Gasteiger partial charge is 0.262 e. The predicted molar refractivity (Wildman–Crippen MR) is 76.7 cm³/mol. The molecule has 22 heavy (non-hydrogen) atoms. The minimum Gasteiger partial charge on any atom is -0.493 e. The molecule has 0 amide bonds. The van der Waals surface area contributed by atoms with Crippen molar-refractivity contribution in [2.75, 3.05) is 18.9 Å². The van der Waals surface area contributed by atoms with Gasteiger partial charge in [0.25, 0.3) is 10.0 Å². The summed E-state index contributed by atoms with van der Waals surface area (Å²) < 4.78 is 62.8. The van der Waals surface area contributed by atoms with Gasteiger partial charge >= 0.3 is 0 Å². The summed E-state index contributed by atoms with van der Waals surface area (Å²) in [6.45, 7) is 0. The summed E-state index contributed by atoms with van der Waals surface area (Å²) in [7, 11) is -1.24. The summed E-state index contributed by atoms with van der Waals surface area (Å²) in [6, 6.07) is 6.35. The number of halogens is 2. The second kappa shape index (κ2) is 6.18. The van der Waals surface area contributed by atoms with Crippen LogP contribution in [0.1, 0.15) is 0 Å². The van der Waals surface area contributed by atoms with E-state index in [1.54, 1.807) is 0 Å². The molecule has 0 radical (unpaired) electrons. The highest BCUT2D eigenvalue weighted by atomic mass is 32.2. The molecule has 0 atom stereocenters. The number of hydrogen-bond donors (Lipinski definition) is 1. The number of benzene rings is 2. The zero-order chi connectivity index (χ0) is 16.3. The standard InChI is InChI=1S/C14H13F2NO4S/c1-20-13-4-3-12(8-14(13)21-2)22(18,19)17-11-6-9(15)5-10(16)7-11/h3-8,17H,1-2H3. The summed E-state index contributed by atoms with van der Waals surface area (Å²) in [4.78, 5) is -0.130. The maximum atomic E-state index is 13.1. The van der Waals surface area contributed by atoms with Gasteiger partial charge in [0.15, 0.2) is 11.5 Å². The van der Waals surface area contributed by atoms with Gasteiger partial charge in [-0.3, -0.25) is 4.72 Å². The average Bonchev–Trinajstić information content (AvgIpc) is 2.44. The fraction of sp³-hybridized carbons (Fsp3) is 0.143. The monoisotopic (exact) mass is 329 g/mol. The van der Waals surface area contributed by atoms with E-state index in [1.807, 2.05) is 0 Å². The van der Waals surface area contributed by atoms with Gasteiger partial charge in [-0.15, -0.1) is 0 Å². The van der Waals surface area contributed by atoms with Gasteiger partial charge in [-0.05, 0) is 24.3 Å². The van der Waals surface area contributed by atoms with E-state index in [9.17, 15) is 17.2 Å². The van der Waals surface area contributed by atoms with Crippen molar-refractivity contribution in [2.24, 2.45) is 0 Å². The van der Waals surface area contributed by atoms with Crippen LogP contribution >= 0.6 is 0 Å². The Hall–Kier alpha value is -2.35. The van der Waals surface area contributed by atoms with Gasteiger partial charge < -0.3 is 9.47 Å². The molecule has 0 saturated carbocycles. The van der Waals surface area contributed by atoms with Gasteiger partial charge in [-0.1, -0.05) is 0 Å². The SMILES string of the molecule is COc1ccc(S(=O)(=O)Nc2cc(F)cc(F)c2)cc1OC. The molecule has 0 aliphatic heterocycles. The third-order valence-corrected chi connectivity index (χ3v) is 4.16. The largest absolute Gasteiger partial charge is 0.493 e. The molecule has 118 valence electrons. The molecule has 0 aliphatic rings. The normalized spacial score (nSPS) is 11.1. The minimum absolute atomic E-state index is 0.130. The van der Waals surface area contributed by atoms with Gasteiger partial charge in [-0.2, -0.15) is 0 Å². The molecule has 0 aromatic heterocycles. The van der Waals surface area contributed by atoms with Gasteiger partial charge in [0.2, 0.25) is 0 Å². The van der Waals surface area contributed by atoms with Crippen LogP contribution in [-0.2, 0) is 10.0 Å². The van der Waals surface area contributed by atoms with Crippen molar-refractivity contribution in [3.8, 4) is 11.5 Å². The molecule has 0 aliphatic carbocycles. The molecular formula is C14H13F2NO4S. The van der Waals surface area contributed by atoms with Gasteiger partial charge in [0.05, 0.1) is 24.8 Å². The van der Waals surface area contributed by atoms with Crippen LogP contribution in [0.15, 0.2) is 41.3 Å². The van der Waals surface area contributed by atoms with E-state index in [2.05, 4.69) is 4.72 Å². The number of nitrogens with one attached hydrogen (secondary N) is 1. The van der Waals surface area contributed by atoms with Gasteiger partial charge in [-0.25, -0.2) is 17.2 Å². The highest BCUT2D eigenvalue weighted by Gasteiger charge is 2.18. The fourth-order valence-corrected chi connectivity index (χ4v) is 2.87. The molecule has 0 heterocycles. The van der Waals surface area contributed by atoms with Crippen LogP contribution in [0.4, 0.5) is 14.5 Å². The summed E-state index contributed by atoms with van der Waals surface area (Å²) in [6.07, 6.45) is 0. The second-order valence-electron chi connectivity index (χ2n) is 4.28. The quantitative estimate of drug-likeness (QED) is 0.916. The molecule has 0 bridgehead atoms. The van der Waals surface area contributed by atoms with Crippen LogP contribution in [0.25, 0.3) is 0 Å². The first-order chi connectivity index (χ1) is 10.4. The number of methoxy groups -OCH3 is 2. The van der Waals surface area contributed by atoms with Crippen molar-refractivity contribution in [3.05, 3.63) is 48.0 Å². The first kappa shape index (κ1) is 16.0. The van der Waals surface area contributed by atoms with Crippen LogP contribution in [0.2, 0.25) is 0 Å². The minimum atomic E-state index is -4.02. The molecule has 5 nitrogen and oxygen atoms in total. The zero-order valence-electron chi connectivity index (χ0n) is 11.8. The first-order valence-electron chi connectivity index (χ1n) is 6.06. The third-order valence-electron chi connectivity index (χ3n) is 2.78. The van der Waals surface area contributed by atoms with Gasteiger partial charge in [0.1, 0.15) is 11.6 Å². The fourth-order valence-electron chi connectivity index (χ4n) is 1.81. The summed E-state index contributed by atoms with van der Waals surface area (Å²) in [5.41, 5.74) is -0.215. The number of ether oxygens (including phenoxy) is 2. The Balaban J connectivity index is 2.38. The lowest BCUT2D eigenvalue weighted by atomic mass is 10.3. The van der Waals surface area contributed by atoms with Crippen LogP contribution < -0.4 is 14.2 Å². The van der Waals surface area contributed by atoms with E-state index >= 15 is 0 Å². The van der Waals surface area contributed by atoms with Crippen molar-refractivity contribution in [3.63, 3.8) is 0 Å². The number of sulfonamides is 1. The number of rotatable bonds is 5. The molecule has 0 spiro atoms. The third kappa shape index (κ3) is 3.45. The highest BCUT2D eigenvalue weighted by molar-refractivity contribution is 7.92. The molecule has 0 unspecified atom stereocenters. The Morgan fingerprint density at radius 1 is 0.909 bits per heavy atom. The zero-order valence-corrected chi connectivity index (χ0v) is 12.6. The van der Waals surface area contributed by atoms with Gasteiger partial charge in [0, 0.05) is 12.1 Å². The predicted octanol–water partition coefficient (Wildman–Crippen LogP) is 2.78. The Morgan fingerprint density at radius 2 is 1.50 bits per heavy atom. The van der Waals surface area contributed by atoms with Crippen molar-refractivity contribution in [2.45, 2.75) is 4.90 Å². The summed E-state index contributed by atoms with van der Waals surface area (Å²) in [5.74, 6) is -1.19. The molecule has 0 fully saturated rings. The van der Waals surface area contributed by atoms with Crippen LogP contribution in [0.5, 0.6) is 11.5 Å². The lowest BCUT2D eigenvalue weighted by Crippen LogP contribution is -2.13. The van der Waals surface area contributed by atoms with Crippen molar-refractivity contribution >= 4 is 15.7 Å². The maximum Gasteiger partial charge on any atom is 0.262 e.